The number of ether oxygens (including phenoxy) is 1. The van der Waals surface area contributed by atoms with Gasteiger partial charge < -0.3 is 15.4 Å². The predicted octanol–water partition coefficient (Wildman–Crippen LogP) is 1.16. The van der Waals surface area contributed by atoms with Crippen LogP contribution in [0.3, 0.4) is 0 Å². The maximum absolute atomic E-state index is 11.5. The van der Waals surface area contributed by atoms with Crippen LogP contribution in [0.2, 0.25) is 0 Å². The Bertz CT molecular complexity index is 233. The first-order valence-corrected chi connectivity index (χ1v) is 6.60. The van der Waals surface area contributed by atoms with Crippen LogP contribution in [0.15, 0.2) is 0 Å². The molecule has 0 radical (unpaired) electrons. The first-order chi connectivity index (χ1) is 8.11. The van der Waals surface area contributed by atoms with Crippen LogP contribution >= 0.6 is 0 Å². The molecule has 0 aromatic carbocycles. The maximum Gasteiger partial charge on any atom is 0.234 e. The molecular formula is C13H26N2O2. The van der Waals surface area contributed by atoms with Gasteiger partial charge in [0, 0.05) is 13.2 Å². The van der Waals surface area contributed by atoms with Crippen molar-refractivity contribution >= 4 is 5.91 Å². The Morgan fingerprint density at radius 1 is 1.47 bits per heavy atom. The highest BCUT2D eigenvalue weighted by molar-refractivity contribution is 5.78. The van der Waals surface area contributed by atoms with Crippen molar-refractivity contribution in [2.75, 3.05) is 26.8 Å². The van der Waals surface area contributed by atoms with E-state index >= 15 is 0 Å². The molecule has 0 spiro atoms. The van der Waals surface area contributed by atoms with Crippen molar-refractivity contribution in [1.29, 1.82) is 0 Å². The molecule has 0 aromatic heterocycles. The molecule has 1 fully saturated rings. The van der Waals surface area contributed by atoms with Gasteiger partial charge in [0.15, 0.2) is 0 Å². The summed E-state index contributed by atoms with van der Waals surface area (Å²) in [5.74, 6) is 1.67. The van der Waals surface area contributed by atoms with Gasteiger partial charge >= 0.3 is 0 Å². The normalized spacial score (nSPS) is 25.8. The second-order valence-electron chi connectivity index (χ2n) is 5.34. The molecule has 2 N–H and O–H groups in total. The third-order valence-electron chi connectivity index (χ3n) is 3.35. The number of nitrogens with one attached hydrogen (secondary N) is 2. The number of carbonyl (C=O) groups excluding carboxylic acids is 1. The van der Waals surface area contributed by atoms with Crippen molar-refractivity contribution in [2.24, 2.45) is 11.8 Å². The summed E-state index contributed by atoms with van der Waals surface area (Å²) in [7, 11) is 1.64. The van der Waals surface area contributed by atoms with Crippen LogP contribution < -0.4 is 10.6 Å². The fraction of sp³-hybridized carbons (Fsp3) is 0.923. The Morgan fingerprint density at radius 2 is 2.24 bits per heavy atom. The summed E-state index contributed by atoms with van der Waals surface area (Å²) < 4.78 is 4.97. The van der Waals surface area contributed by atoms with Crippen LogP contribution in [0.1, 0.15) is 33.1 Å². The number of hydrogen-bond acceptors (Lipinski definition) is 3. The largest absolute Gasteiger partial charge is 0.383 e. The molecule has 1 amide bonds. The van der Waals surface area contributed by atoms with Crippen molar-refractivity contribution in [1.82, 2.24) is 10.6 Å². The predicted molar refractivity (Wildman–Crippen MR) is 68.9 cm³/mol. The van der Waals surface area contributed by atoms with Gasteiger partial charge in [0.2, 0.25) is 5.91 Å². The molecule has 3 unspecified atom stereocenters. The lowest BCUT2D eigenvalue weighted by atomic mass is 10.1. The zero-order chi connectivity index (χ0) is 12.7. The molecule has 1 saturated carbocycles. The van der Waals surface area contributed by atoms with E-state index in [0.29, 0.717) is 13.2 Å². The SMILES string of the molecule is COCC(C)NC(=O)CNCC1CCC(C)C1. The molecule has 3 atom stereocenters. The first-order valence-electron chi connectivity index (χ1n) is 6.60. The van der Waals surface area contributed by atoms with Crippen molar-refractivity contribution in [2.45, 2.75) is 39.2 Å². The van der Waals surface area contributed by atoms with Gasteiger partial charge in [0.25, 0.3) is 0 Å². The lowest BCUT2D eigenvalue weighted by Crippen LogP contribution is -2.41. The highest BCUT2D eigenvalue weighted by atomic mass is 16.5. The highest BCUT2D eigenvalue weighted by Crippen LogP contribution is 2.29. The van der Waals surface area contributed by atoms with E-state index in [0.717, 1.165) is 18.4 Å². The minimum Gasteiger partial charge on any atom is -0.383 e. The quantitative estimate of drug-likeness (QED) is 0.704. The summed E-state index contributed by atoms with van der Waals surface area (Å²) in [5.41, 5.74) is 0. The summed E-state index contributed by atoms with van der Waals surface area (Å²) in [6.45, 7) is 6.19. The molecule has 0 aliphatic heterocycles. The van der Waals surface area contributed by atoms with E-state index in [2.05, 4.69) is 17.6 Å². The summed E-state index contributed by atoms with van der Waals surface area (Å²) >= 11 is 0. The Hall–Kier alpha value is -0.610. The molecule has 4 nitrogen and oxygen atoms in total. The standard InChI is InChI=1S/C13H26N2O2/c1-10-4-5-12(6-10)7-14-8-13(16)15-11(2)9-17-3/h10-12,14H,4-9H2,1-3H3,(H,15,16). The molecule has 0 saturated heterocycles. The minimum absolute atomic E-state index is 0.0561. The van der Waals surface area contributed by atoms with E-state index < -0.39 is 0 Å². The number of amides is 1. The van der Waals surface area contributed by atoms with E-state index in [9.17, 15) is 4.79 Å². The Labute approximate surface area is 104 Å². The summed E-state index contributed by atoms with van der Waals surface area (Å²) in [4.78, 5) is 11.5. The molecular weight excluding hydrogens is 216 g/mol. The van der Waals surface area contributed by atoms with Gasteiger partial charge in [-0.15, -0.1) is 0 Å². The zero-order valence-electron chi connectivity index (χ0n) is 11.3. The first kappa shape index (κ1) is 14.5. The third kappa shape index (κ3) is 6.03. The lowest BCUT2D eigenvalue weighted by Gasteiger charge is -2.14. The molecule has 100 valence electrons. The van der Waals surface area contributed by atoms with E-state index in [1.165, 1.54) is 19.3 Å². The van der Waals surface area contributed by atoms with Gasteiger partial charge in [-0.2, -0.15) is 0 Å². The van der Waals surface area contributed by atoms with E-state index in [-0.39, 0.29) is 11.9 Å². The smallest absolute Gasteiger partial charge is 0.234 e. The number of carbonyl (C=O) groups is 1. The van der Waals surface area contributed by atoms with Gasteiger partial charge in [-0.25, -0.2) is 0 Å². The summed E-state index contributed by atoms with van der Waals surface area (Å²) in [5, 5.41) is 6.13. The van der Waals surface area contributed by atoms with Crippen LogP contribution in [0, 0.1) is 11.8 Å². The van der Waals surface area contributed by atoms with Gasteiger partial charge in [0.05, 0.1) is 13.2 Å². The minimum atomic E-state index is 0.0561. The van der Waals surface area contributed by atoms with Crippen molar-refractivity contribution < 1.29 is 9.53 Å². The molecule has 0 aromatic rings. The molecule has 4 heteroatoms. The number of rotatable bonds is 7. The lowest BCUT2D eigenvalue weighted by molar-refractivity contribution is -0.121. The van der Waals surface area contributed by atoms with Crippen LogP contribution in [0.5, 0.6) is 0 Å². The van der Waals surface area contributed by atoms with E-state index in [4.69, 9.17) is 4.74 Å². The topological polar surface area (TPSA) is 50.4 Å². The zero-order valence-corrected chi connectivity index (χ0v) is 11.3. The summed E-state index contributed by atoms with van der Waals surface area (Å²) in [6, 6.07) is 0.0841. The Kier molecular flexibility index (Phi) is 6.52. The molecule has 1 aliphatic carbocycles. The fourth-order valence-corrected chi connectivity index (χ4v) is 2.52. The average molecular weight is 242 g/mol. The number of methoxy groups -OCH3 is 1. The van der Waals surface area contributed by atoms with Crippen LogP contribution in [0.4, 0.5) is 0 Å². The van der Waals surface area contributed by atoms with Gasteiger partial charge in [0.1, 0.15) is 0 Å². The molecule has 1 rings (SSSR count). The molecule has 0 heterocycles. The van der Waals surface area contributed by atoms with Crippen molar-refractivity contribution in [3.05, 3.63) is 0 Å². The Morgan fingerprint density at radius 3 is 2.82 bits per heavy atom. The third-order valence-corrected chi connectivity index (χ3v) is 3.35. The van der Waals surface area contributed by atoms with Crippen molar-refractivity contribution in [3.8, 4) is 0 Å². The monoisotopic (exact) mass is 242 g/mol. The van der Waals surface area contributed by atoms with Crippen molar-refractivity contribution in [3.63, 3.8) is 0 Å². The molecule has 0 bridgehead atoms. The number of hydrogen-bond donors (Lipinski definition) is 2. The maximum atomic E-state index is 11.5. The second kappa shape index (κ2) is 7.67. The van der Waals surface area contributed by atoms with Gasteiger partial charge in [-0.3, -0.25) is 4.79 Å². The molecule has 17 heavy (non-hydrogen) atoms. The molecule has 1 aliphatic rings. The average Bonchev–Trinajstić information content (AvgIpc) is 2.64. The Balaban J connectivity index is 2.04. The van der Waals surface area contributed by atoms with Gasteiger partial charge in [-0.05, 0) is 38.1 Å². The van der Waals surface area contributed by atoms with E-state index in [1.807, 2.05) is 6.92 Å². The van der Waals surface area contributed by atoms with Crippen LogP contribution in [0.25, 0.3) is 0 Å². The highest BCUT2D eigenvalue weighted by Gasteiger charge is 2.20. The summed E-state index contributed by atoms with van der Waals surface area (Å²) in [6.07, 6.45) is 3.94. The second-order valence-corrected chi connectivity index (χ2v) is 5.34. The fourth-order valence-electron chi connectivity index (χ4n) is 2.52. The van der Waals surface area contributed by atoms with E-state index in [1.54, 1.807) is 7.11 Å². The van der Waals surface area contributed by atoms with Crippen LogP contribution in [-0.2, 0) is 9.53 Å². The van der Waals surface area contributed by atoms with Crippen LogP contribution in [-0.4, -0.2) is 38.8 Å². The van der Waals surface area contributed by atoms with Gasteiger partial charge in [-0.1, -0.05) is 13.3 Å².